The molecular weight excluding hydrogens is 154 g/mol. The molecule has 4 heteroatoms. The van der Waals surface area contributed by atoms with E-state index in [1.807, 2.05) is 6.92 Å². The van der Waals surface area contributed by atoms with Crippen molar-refractivity contribution in [2.24, 2.45) is 5.73 Å². The summed E-state index contributed by atoms with van der Waals surface area (Å²) in [6, 6.07) is -0.00769. The van der Waals surface area contributed by atoms with Crippen LogP contribution in [0.4, 0.5) is 0 Å². The van der Waals surface area contributed by atoms with Gasteiger partial charge in [0.25, 0.3) is 0 Å². The molecular formula is C8H13N3O. The molecule has 1 aromatic rings. The third-order valence-corrected chi connectivity index (χ3v) is 2.16. The molecule has 0 aliphatic carbocycles. The Kier molecular flexibility index (Phi) is 1.86. The van der Waals surface area contributed by atoms with Gasteiger partial charge in [-0.2, -0.15) is 5.10 Å². The van der Waals surface area contributed by atoms with Crippen molar-refractivity contribution >= 4 is 0 Å². The van der Waals surface area contributed by atoms with Crippen molar-refractivity contribution in [2.75, 3.05) is 6.61 Å². The fraction of sp³-hybridized carbons (Fsp3) is 0.625. The van der Waals surface area contributed by atoms with Gasteiger partial charge in [-0.15, -0.1) is 0 Å². The van der Waals surface area contributed by atoms with Crippen molar-refractivity contribution in [2.45, 2.75) is 26.0 Å². The average molecular weight is 167 g/mol. The van der Waals surface area contributed by atoms with E-state index in [0.717, 1.165) is 24.3 Å². The van der Waals surface area contributed by atoms with Crippen LogP contribution >= 0.6 is 0 Å². The molecule has 0 fully saturated rings. The average Bonchev–Trinajstić information content (AvgIpc) is 2.47. The second kappa shape index (κ2) is 2.88. The van der Waals surface area contributed by atoms with Gasteiger partial charge in [0.1, 0.15) is 0 Å². The zero-order valence-corrected chi connectivity index (χ0v) is 7.13. The van der Waals surface area contributed by atoms with Crippen molar-refractivity contribution in [3.63, 3.8) is 0 Å². The molecule has 66 valence electrons. The van der Waals surface area contributed by atoms with E-state index in [1.54, 1.807) is 0 Å². The summed E-state index contributed by atoms with van der Waals surface area (Å²) in [6.07, 6.45) is 0.926. The Morgan fingerprint density at radius 2 is 2.50 bits per heavy atom. The van der Waals surface area contributed by atoms with Crippen LogP contribution in [-0.2, 0) is 17.8 Å². The van der Waals surface area contributed by atoms with E-state index >= 15 is 0 Å². The molecule has 1 atom stereocenters. The second-order valence-electron chi connectivity index (χ2n) is 3.16. The number of aromatic nitrogens is 2. The van der Waals surface area contributed by atoms with Gasteiger partial charge >= 0.3 is 0 Å². The number of nitrogens with zero attached hydrogens (tertiary/aromatic N) is 1. The van der Waals surface area contributed by atoms with Crippen LogP contribution < -0.4 is 5.73 Å². The normalized spacial score (nSPS) is 18.8. The second-order valence-corrected chi connectivity index (χ2v) is 3.16. The molecule has 0 spiro atoms. The zero-order valence-electron chi connectivity index (χ0n) is 7.13. The van der Waals surface area contributed by atoms with Crippen molar-refractivity contribution in [3.05, 3.63) is 17.0 Å². The zero-order chi connectivity index (χ0) is 8.55. The van der Waals surface area contributed by atoms with Crippen LogP contribution in [0.25, 0.3) is 0 Å². The molecule has 0 saturated carbocycles. The maximum absolute atomic E-state index is 5.74. The van der Waals surface area contributed by atoms with Gasteiger partial charge in [0.2, 0.25) is 0 Å². The first-order chi connectivity index (χ1) is 5.79. The van der Waals surface area contributed by atoms with E-state index in [9.17, 15) is 0 Å². The summed E-state index contributed by atoms with van der Waals surface area (Å²) < 4.78 is 5.33. The van der Waals surface area contributed by atoms with Crippen molar-refractivity contribution in [1.82, 2.24) is 10.2 Å². The first-order valence-electron chi connectivity index (χ1n) is 4.18. The maximum atomic E-state index is 5.74. The maximum Gasteiger partial charge on any atom is 0.0844 e. The number of H-pyrrole nitrogens is 1. The fourth-order valence-corrected chi connectivity index (χ4v) is 1.51. The Morgan fingerprint density at radius 1 is 1.67 bits per heavy atom. The van der Waals surface area contributed by atoms with Crippen LogP contribution in [0.2, 0.25) is 0 Å². The Hall–Kier alpha value is -0.870. The molecule has 3 N–H and O–H groups in total. The minimum absolute atomic E-state index is 0.00769. The SMILES string of the molecule is CC(N)c1n[nH]c2c1COCC2. The van der Waals surface area contributed by atoms with Gasteiger partial charge in [0, 0.05) is 23.7 Å². The van der Waals surface area contributed by atoms with Crippen LogP contribution in [0.5, 0.6) is 0 Å². The predicted molar refractivity (Wildman–Crippen MR) is 44.6 cm³/mol. The van der Waals surface area contributed by atoms with Crippen molar-refractivity contribution in [3.8, 4) is 0 Å². The lowest BCUT2D eigenvalue weighted by molar-refractivity contribution is 0.109. The fourth-order valence-electron chi connectivity index (χ4n) is 1.51. The van der Waals surface area contributed by atoms with Crippen LogP contribution in [0.1, 0.15) is 29.9 Å². The molecule has 0 radical (unpaired) electrons. The van der Waals surface area contributed by atoms with E-state index < -0.39 is 0 Å². The number of nitrogens with one attached hydrogen (secondary N) is 1. The summed E-state index contributed by atoms with van der Waals surface area (Å²) in [7, 11) is 0. The van der Waals surface area contributed by atoms with Gasteiger partial charge in [-0.25, -0.2) is 0 Å². The Labute approximate surface area is 71.1 Å². The predicted octanol–water partition coefficient (Wildman–Crippen LogP) is 0.502. The number of hydrogen-bond donors (Lipinski definition) is 2. The summed E-state index contributed by atoms with van der Waals surface area (Å²) in [5.41, 5.74) is 9.04. The number of aromatic amines is 1. The van der Waals surface area contributed by atoms with E-state index in [2.05, 4.69) is 10.2 Å². The number of ether oxygens (including phenoxy) is 1. The molecule has 1 aromatic heterocycles. The quantitative estimate of drug-likeness (QED) is 0.640. The van der Waals surface area contributed by atoms with E-state index in [-0.39, 0.29) is 6.04 Å². The monoisotopic (exact) mass is 167 g/mol. The van der Waals surface area contributed by atoms with Gasteiger partial charge in [-0.1, -0.05) is 0 Å². The van der Waals surface area contributed by atoms with E-state index in [0.29, 0.717) is 6.61 Å². The Balaban J connectivity index is 2.38. The highest BCUT2D eigenvalue weighted by molar-refractivity contribution is 5.27. The lowest BCUT2D eigenvalue weighted by Crippen LogP contribution is -2.13. The van der Waals surface area contributed by atoms with Gasteiger partial charge in [0.05, 0.1) is 18.9 Å². The summed E-state index contributed by atoms with van der Waals surface area (Å²) in [4.78, 5) is 0. The summed E-state index contributed by atoms with van der Waals surface area (Å²) in [6.45, 7) is 3.38. The summed E-state index contributed by atoms with van der Waals surface area (Å²) >= 11 is 0. The standard InChI is InChI=1S/C8H13N3O/c1-5(9)8-6-4-12-3-2-7(6)10-11-8/h5H,2-4,9H2,1H3,(H,10,11). The molecule has 0 amide bonds. The molecule has 2 heterocycles. The molecule has 0 saturated heterocycles. The van der Waals surface area contributed by atoms with Gasteiger partial charge in [-0.05, 0) is 6.92 Å². The van der Waals surface area contributed by atoms with Crippen LogP contribution in [0.3, 0.4) is 0 Å². The molecule has 1 unspecified atom stereocenters. The van der Waals surface area contributed by atoms with Crippen molar-refractivity contribution in [1.29, 1.82) is 0 Å². The highest BCUT2D eigenvalue weighted by Crippen LogP contribution is 2.21. The largest absolute Gasteiger partial charge is 0.376 e. The Morgan fingerprint density at radius 3 is 3.25 bits per heavy atom. The molecule has 1 aliphatic heterocycles. The third-order valence-electron chi connectivity index (χ3n) is 2.16. The minimum Gasteiger partial charge on any atom is -0.376 e. The number of hydrogen-bond acceptors (Lipinski definition) is 3. The lowest BCUT2D eigenvalue weighted by Gasteiger charge is -2.13. The number of rotatable bonds is 1. The summed E-state index contributed by atoms with van der Waals surface area (Å²) in [5.74, 6) is 0. The number of fused-ring (bicyclic) bond motifs is 1. The first kappa shape index (κ1) is 7.76. The van der Waals surface area contributed by atoms with Crippen LogP contribution in [0, 0.1) is 0 Å². The van der Waals surface area contributed by atoms with Gasteiger partial charge < -0.3 is 10.5 Å². The highest BCUT2D eigenvalue weighted by atomic mass is 16.5. The molecule has 0 bridgehead atoms. The van der Waals surface area contributed by atoms with E-state index in [1.165, 1.54) is 5.69 Å². The van der Waals surface area contributed by atoms with Gasteiger partial charge in [-0.3, -0.25) is 5.10 Å². The third kappa shape index (κ3) is 1.13. The van der Waals surface area contributed by atoms with Crippen molar-refractivity contribution < 1.29 is 4.74 Å². The molecule has 1 aliphatic rings. The highest BCUT2D eigenvalue weighted by Gasteiger charge is 2.18. The van der Waals surface area contributed by atoms with Crippen LogP contribution in [-0.4, -0.2) is 16.8 Å². The first-order valence-corrected chi connectivity index (χ1v) is 4.18. The van der Waals surface area contributed by atoms with E-state index in [4.69, 9.17) is 10.5 Å². The van der Waals surface area contributed by atoms with Gasteiger partial charge in [0.15, 0.2) is 0 Å². The van der Waals surface area contributed by atoms with Crippen LogP contribution in [0.15, 0.2) is 0 Å². The summed E-state index contributed by atoms with van der Waals surface area (Å²) in [5, 5.41) is 7.16. The molecule has 4 nitrogen and oxygen atoms in total. The Bertz CT molecular complexity index is 280. The topological polar surface area (TPSA) is 63.9 Å². The molecule has 12 heavy (non-hydrogen) atoms. The molecule has 0 aromatic carbocycles. The smallest absolute Gasteiger partial charge is 0.0844 e. The number of nitrogens with two attached hydrogens (primary N) is 1. The molecule has 2 rings (SSSR count). The minimum atomic E-state index is -0.00769. The lowest BCUT2D eigenvalue weighted by atomic mass is 10.1.